The summed E-state index contributed by atoms with van der Waals surface area (Å²) in [6.45, 7) is 2.92. The number of amides is 1. The fraction of sp³-hybridized carbons (Fsp3) is 0.588. The smallest absolute Gasteiger partial charge is 0.241 e. The van der Waals surface area contributed by atoms with Crippen molar-refractivity contribution in [2.45, 2.75) is 51.1 Å². The Labute approximate surface area is 121 Å². The van der Waals surface area contributed by atoms with Crippen LogP contribution in [0.25, 0.3) is 0 Å². The zero-order valence-electron chi connectivity index (χ0n) is 12.2. The summed E-state index contributed by atoms with van der Waals surface area (Å²) < 4.78 is 0. The van der Waals surface area contributed by atoms with Gasteiger partial charge in [0, 0.05) is 6.04 Å². The van der Waals surface area contributed by atoms with Crippen LogP contribution in [0.2, 0.25) is 0 Å². The maximum Gasteiger partial charge on any atom is 0.241 e. The molecule has 0 spiro atoms. The maximum absolute atomic E-state index is 12.6. The minimum atomic E-state index is -0.0364. The van der Waals surface area contributed by atoms with Gasteiger partial charge in [-0.05, 0) is 30.7 Å². The van der Waals surface area contributed by atoms with Gasteiger partial charge in [-0.3, -0.25) is 10.1 Å². The van der Waals surface area contributed by atoms with Crippen molar-refractivity contribution in [1.29, 1.82) is 0 Å². The van der Waals surface area contributed by atoms with Gasteiger partial charge >= 0.3 is 0 Å². The van der Waals surface area contributed by atoms with Crippen LogP contribution in [0.1, 0.15) is 38.2 Å². The van der Waals surface area contributed by atoms with Gasteiger partial charge in [0.1, 0.15) is 0 Å². The monoisotopic (exact) mass is 272 g/mol. The van der Waals surface area contributed by atoms with E-state index in [1.807, 2.05) is 18.2 Å². The van der Waals surface area contributed by atoms with E-state index in [9.17, 15) is 4.79 Å². The number of carbonyl (C=O) groups is 1. The van der Waals surface area contributed by atoms with Crippen LogP contribution >= 0.6 is 0 Å². The number of nitrogens with one attached hydrogen (secondary N) is 1. The second-order valence-corrected chi connectivity index (χ2v) is 6.15. The average Bonchev–Trinajstić information content (AvgIpc) is 3.23. The molecule has 2 atom stereocenters. The molecular weight excluding hydrogens is 248 g/mol. The zero-order valence-corrected chi connectivity index (χ0v) is 12.2. The number of rotatable bonds is 6. The van der Waals surface area contributed by atoms with Crippen LogP contribution < -0.4 is 5.32 Å². The molecule has 108 valence electrons. The number of benzene rings is 1. The molecule has 1 N–H and O–H groups in total. The van der Waals surface area contributed by atoms with Gasteiger partial charge in [0.15, 0.2) is 0 Å². The summed E-state index contributed by atoms with van der Waals surface area (Å²) >= 11 is 0. The van der Waals surface area contributed by atoms with E-state index in [-0.39, 0.29) is 6.04 Å². The van der Waals surface area contributed by atoms with E-state index in [0.717, 1.165) is 25.4 Å². The lowest BCUT2D eigenvalue weighted by molar-refractivity contribution is -0.131. The molecule has 1 aliphatic heterocycles. The highest BCUT2D eigenvalue weighted by atomic mass is 16.2. The lowest BCUT2D eigenvalue weighted by Gasteiger charge is -2.26. The molecule has 1 amide bonds. The summed E-state index contributed by atoms with van der Waals surface area (Å²) in [6.07, 6.45) is 5.79. The summed E-state index contributed by atoms with van der Waals surface area (Å²) in [5.74, 6) is 1.17. The molecule has 0 aromatic heterocycles. The zero-order chi connectivity index (χ0) is 13.9. The highest BCUT2D eigenvalue weighted by Crippen LogP contribution is 2.35. The van der Waals surface area contributed by atoms with E-state index in [1.54, 1.807) is 0 Å². The van der Waals surface area contributed by atoms with Crippen molar-refractivity contribution in [3.63, 3.8) is 0 Å². The third-order valence-corrected chi connectivity index (χ3v) is 4.59. The predicted molar refractivity (Wildman–Crippen MR) is 80.2 cm³/mol. The Kier molecular flexibility index (Phi) is 4.06. The first-order valence-corrected chi connectivity index (χ1v) is 7.85. The largest absolute Gasteiger partial charge is 0.326 e. The van der Waals surface area contributed by atoms with Gasteiger partial charge in [0.05, 0.1) is 12.7 Å². The third kappa shape index (κ3) is 3.04. The molecule has 3 nitrogen and oxygen atoms in total. The minimum Gasteiger partial charge on any atom is -0.326 e. The van der Waals surface area contributed by atoms with Crippen LogP contribution in [0.4, 0.5) is 0 Å². The van der Waals surface area contributed by atoms with Crippen LogP contribution in [0.5, 0.6) is 0 Å². The molecule has 1 saturated heterocycles. The summed E-state index contributed by atoms with van der Waals surface area (Å²) in [5.41, 5.74) is 1.23. The standard InChI is InChI=1S/C17H24N2O/c1-2-15(10-14-8-9-14)19-12-18-16(17(19)20)11-13-6-4-3-5-7-13/h3-7,14-16,18H,2,8-12H2,1H3. The Hall–Kier alpha value is -1.35. The molecule has 2 unspecified atom stereocenters. The molecule has 0 radical (unpaired) electrons. The highest BCUT2D eigenvalue weighted by molar-refractivity contribution is 5.84. The first-order valence-electron chi connectivity index (χ1n) is 7.85. The van der Waals surface area contributed by atoms with Crippen LogP contribution in [-0.2, 0) is 11.2 Å². The Morgan fingerprint density at radius 3 is 2.70 bits per heavy atom. The molecule has 1 heterocycles. The predicted octanol–water partition coefficient (Wildman–Crippen LogP) is 2.57. The number of nitrogens with zero attached hydrogens (tertiary/aromatic N) is 1. The lowest BCUT2D eigenvalue weighted by Crippen LogP contribution is -2.39. The van der Waals surface area contributed by atoms with E-state index in [0.29, 0.717) is 11.9 Å². The van der Waals surface area contributed by atoms with Crippen LogP contribution in [-0.4, -0.2) is 29.6 Å². The van der Waals surface area contributed by atoms with Crippen LogP contribution in [0, 0.1) is 5.92 Å². The van der Waals surface area contributed by atoms with Gasteiger partial charge in [0.25, 0.3) is 0 Å². The molecule has 3 rings (SSSR count). The average molecular weight is 272 g/mol. The van der Waals surface area contributed by atoms with Gasteiger partial charge < -0.3 is 4.90 Å². The molecule has 1 aliphatic carbocycles. The maximum atomic E-state index is 12.6. The van der Waals surface area contributed by atoms with Gasteiger partial charge in [-0.15, -0.1) is 0 Å². The van der Waals surface area contributed by atoms with Crippen molar-refractivity contribution in [2.24, 2.45) is 5.92 Å². The highest BCUT2D eigenvalue weighted by Gasteiger charge is 2.37. The van der Waals surface area contributed by atoms with E-state index < -0.39 is 0 Å². The SMILES string of the molecule is CCC(CC1CC1)N1CNC(Cc2ccccc2)C1=O. The molecule has 2 aliphatic rings. The summed E-state index contributed by atoms with van der Waals surface area (Å²) in [7, 11) is 0. The molecule has 20 heavy (non-hydrogen) atoms. The minimum absolute atomic E-state index is 0.0364. The van der Waals surface area contributed by atoms with Crippen molar-refractivity contribution in [3.8, 4) is 0 Å². The number of carbonyl (C=O) groups excluding carboxylic acids is 1. The third-order valence-electron chi connectivity index (χ3n) is 4.59. The van der Waals surface area contributed by atoms with Gasteiger partial charge in [-0.1, -0.05) is 50.1 Å². The molecule has 1 aromatic rings. The first kappa shape index (κ1) is 13.6. The van der Waals surface area contributed by atoms with Crippen molar-refractivity contribution >= 4 is 5.91 Å². The quantitative estimate of drug-likeness (QED) is 0.863. The second kappa shape index (κ2) is 5.96. The lowest BCUT2D eigenvalue weighted by atomic mass is 10.0. The fourth-order valence-electron chi connectivity index (χ4n) is 3.14. The first-order chi connectivity index (χ1) is 9.78. The molecule has 1 saturated carbocycles. The summed E-state index contributed by atoms with van der Waals surface area (Å²) in [6, 6.07) is 10.7. The van der Waals surface area contributed by atoms with Crippen molar-refractivity contribution < 1.29 is 4.79 Å². The van der Waals surface area contributed by atoms with E-state index in [1.165, 1.54) is 24.8 Å². The van der Waals surface area contributed by atoms with E-state index >= 15 is 0 Å². The normalized spacial score (nSPS) is 24.1. The fourth-order valence-corrected chi connectivity index (χ4v) is 3.14. The van der Waals surface area contributed by atoms with Crippen molar-refractivity contribution in [3.05, 3.63) is 35.9 Å². The Balaban J connectivity index is 1.61. The second-order valence-electron chi connectivity index (χ2n) is 6.15. The Morgan fingerprint density at radius 2 is 2.05 bits per heavy atom. The van der Waals surface area contributed by atoms with Crippen molar-refractivity contribution in [1.82, 2.24) is 10.2 Å². The Bertz CT molecular complexity index is 455. The molecule has 2 fully saturated rings. The summed E-state index contributed by atoms with van der Waals surface area (Å²) in [5, 5.41) is 3.39. The molecular formula is C17H24N2O. The van der Waals surface area contributed by atoms with Crippen LogP contribution in [0.3, 0.4) is 0 Å². The van der Waals surface area contributed by atoms with E-state index in [4.69, 9.17) is 0 Å². The molecule has 1 aromatic carbocycles. The molecule has 3 heteroatoms. The van der Waals surface area contributed by atoms with Gasteiger partial charge in [-0.2, -0.15) is 0 Å². The topological polar surface area (TPSA) is 32.3 Å². The van der Waals surface area contributed by atoms with Crippen LogP contribution in [0.15, 0.2) is 30.3 Å². The summed E-state index contributed by atoms with van der Waals surface area (Å²) in [4.78, 5) is 14.7. The number of hydrogen-bond donors (Lipinski definition) is 1. The molecule has 0 bridgehead atoms. The van der Waals surface area contributed by atoms with Gasteiger partial charge in [0.2, 0.25) is 5.91 Å². The number of hydrogen-bond acceptors (Lipinski definition) is 2. The Morgan fingerprint density at radius 1 is 1.30 bits per heavy atom. The van der Waals surface area contributed by atoms with E-state index in [2.05, 4.69) is 29.3 Å². The van der Waals surface area contributed by atoms with Gasteiger partial charge in [-0.25, -0.2) is 0 Å². The van der Waals surface area contributed by atoms with Crippen molar-refractivity contribution in [2.75, 3.05) is 6.67 Å².